The van der Waals surface area contributed by atoms with Gasteiger partial charge in [0, 0.05) is 6.42 Å². The molecule has 1 aliphatic carbocycles. The molecular formula is C26H34O6. The van der Waals surface area contributed by atoms with Gasteiger partial charge in [-0.2, -0.15) is 0 Å². The summed E-state index contributed by atoms with van der Waals surface area (Å²) >= 11 is 0. The molecule has 1 aliphatic heterocycles. The van der Waals surface area contributed by atoms with E-state index in [0.717, 1.165) is 11.1 Å². The van der Waals surface area contributed by atoms with Crippen molar-refractivity contribution in [2.24, 2.45) is 0 Å². The average Bonchev–Trinajstić information content (AvgIpc) is 3.19. The smallest absolute Gasteiger partial charge is 0.168 e. The highest BCUT2D eigenvalue weighted by molar-refractivity contribution is 5.15. The zero-order chi connectivity index (χ0) is 22.6. The van der Waals surface area contributed by atoms with Crippen LogP contribution >= 0.6 is 0 Å². The second kappa shape index (κ2) is 10.00. The van der Waals surface area contributed by atoms with Crippen LogP contribution in [0.15, 0.2) is 60.7 Å². The highest BCUT2D eigenvalue weighted by Gasteiger charge is 2.60. The van der Waals surface area contributed by atoms with Crippen molar-refractivity contribution in [1.82, 2.24) is 0 Å². The minimum Gasteiger partial charge on any atom is -0.387 e. The minimum absolute atomic E-state index is 0.0217. The van der Waals surface area contributed by atoms with Crippen LogP contribution in [-0.4, -0.2) is 52.6 Å². The first-order chi connectivity index (χ1) is 15.5. The van der Waals surface area contributed by atoms with Gasteiger partial charge < -0.3 is 29.2 Å². The number of ether oxygens (including phenoxy) is 4. The molecule has 0 unspecified atom stereocenters. The summed E-state index contributed by atoms with van der Waals surface area (Å²) in [6, 6.07) is 19.5. The number of fused-ring (bicyclic) bond motifs is 1. The van der Waals surface area contributed by atoms with E-state index in [4.69, 9.17) is 18.9 Å². The molecule has 1 saturated carbocycles. The summed E-state index contributed by atoms with van der Waals surface area (Å²) in [6.07, 6.45) is -1.16. The number of benzene rings is 2. The molecule has 0 amide bonds. The Kier molecular flexibility index (Phi) is 7.30. The van der Waals surface area contributed by atoms with Crippen LogP contribution in [0.25, 0.3) is 0 Å². The first-order valence-electron chi connectivity index (χ1n) is 11.5. The summed E-state index contributed by atoms with van der Waals surface area (Å²) in [5, 5.41) is 22.7. The lowest BCUT2D eigenvalue weighted by molar-refractivity contribution is -0.231. The third-order valence-electron chi connectivity index (χ3n) is 6.65. The Labute approximate surface area is 190 Å². The molecule has 2 aliphatic rings. The average molecular weight is 443 g/mol. The monoisotopic (exact) mass is 442 g/mol. The summed E-state index contributed by atoms with van der Waals surface area (Å²) in [4.78, 5) is 0. The molecule has 2 fully saturated rings. The molecule has 6 heteroatoms. The minimum atomic E-state index is -1.50. The van der Waals surface area contributed by atoms with Crippen molar-refractivity contribution in [3.8, 4) is 0 Å². The van der Waals surface area contributed by atoms with E-state index in [1.165, 1.54) is 0 Å². The van der Waals surface area contributed by atoms with Gasteiger partial charge in [-0.25, -0.2) is 0 Å². The first kappa shape index (κ1) is 23.4. The Morgan fingerprint density at radius 1 is 0.906 bits per heavy atom. The molecule has 6 nitrogen and oxygen atoms in total. The van der Waals surface area contributed by atoms with Crippen molar-refractivity contribution in [2.75, 3.05) is 6.61 Å². The third-order valence-corrected chi connectivity index (χ3v) is 6.65. The lowest BCUT2D eigenvalue weighted by Gasteiger charge is -2.45. The summed E-state index contributed by atoms with van der Waals surface area (Å²) in [6.45, 7) is 4.68. The molecule has 1 heterocycles. The van der Waals surface area contributed by atoms with Crippen LogP contribution in [0.2, 0.25) is 0 Å². The van der Waals surface area contributed by atoms with Crippen LogP contribution in [0.5, 0.6) is 0 Å². The fourth-order valence-corrected chi connectivity index (χ4v) is 4.69. The van der Waals surface area contributed by atoms with Crippen LogP contribution in [0.3, 0.4) is 0 Å². The van der Waals surface area contributed by atoms with E-state index in [-0.39, 0.29) is 19.1 Å². The predicted molar refractivity (Wildman–Crippen MR) is 120 cm³/mol. The van der Waals surface area contributed by atoms with Crippen LogP contribution < -0.4 is 0 Å². The van der Waals surface area contributed by atoms with E-state index >= 15 is 0 Å². The fraction of sp³-hybridized carbons (Fsp3) is 0.538. The van der Waals surface area contributed by atoms with Gasteiger partial charge in [-0.3, -0.25) is 0 Å². The number of hydrogen-bond donors (Lipinski definition) is 2. The molecule has 2 aromatic carbocycles. The summed E-state index contributed by atoms with van der Waals surface area (Å²) < 4.78 is 24.6. The van der Waals surface area contributed by atoms with Crippen molar-refractivity contribution in [1.29, 1.82) is 0 Å². The Balaban J connectivity index is 1.50. The molecule has 0 spiro atoms. The Hall–Kier alpha value is -1.80. The lowest BCUT2D eigenvalue weighted by atomic mass is 9.77. The van der Waals surface area contributed by atoms with Crippen molar-refractivity contribution < 1.29 is 29.2 Å². The van der Waals surface area contributed by atoms with Crippen LogP contribution in [-0.2, 0) is 32.2 Å². The number of rotatable bonds is 9. The van der Waals surface area contributed by atoms with E-state index in [0.29, 0.717) is 26.1 Å². The lowest BCUT2D eigenvalue weighted by Crippen LogP contribution is -2.64. The number of hydrogen-bond acceptors (Lipinski definition) is 6. The summed E-state index contributed by atoms with van der Waals surface area (Å²) in [7, 11) is 0. The van der Waals surface area contributed by atoms with Crippen molar-refractivity contribution >= 4 is 0 Å². The van der Waals surface area contributed by atoms with Gasteiger partial charge in [0.2, 0.25) is 0 Å². The van der Waals surface area contributed by atoms with Crippen molar-refractivity contribution in [3.05, 3.63) is 71.8 Å². The standard InChI is InChI=1S/C26H34O6/c1-3-26(4-2)31-21-15-25(28,18-29-16-19-11-7-5-8-12-19)24(27)23(22(21)32-26)30-17-20-13-9-6-10-14-20/h5-14,21-24,27-28H,3-4,15-18H2,1-2H3/t21-,22-,23-,24+,25+/m1/s1. The number of aliphatic hydroxyl groups is 2. The maximum Gasteiger partial charge on any atom is 0.168 e. The molecule has 0 aromatic heterocycles. The van der Waals surface area contributed by atoms with E-state index < -0.39 is 29.7 Å². The molecule has 0 radical (unpaired) electrons. The highest BCUT2D eigenvalue weighted by atomic mass is 16.8. The quantitative estimate of drug-likeness (QED) is 0.618. The number of aliphatic hydroxyl groups excluding tert-OH is 1. The van der Waals surface area contributed by atoms with E-state index in [9.17, 15) is 10.2 Å². The van der Waals surface area contributed by atoms with Crippen LogP contribution in [0.4, 0.5) is 0 Å². The summed E-state index contributed by atoms with van der Waals surface area (Å²) in [5.41, 5.74) is 0.493. The Morgan fingerprint density at radius 3 is 2.09 bits per heavy atom. The van der Waals surface area contributed by atoms with E-state index in [1.807, 2.05) is 74.5 Å². The van der Waals surface area contributed by atoms with Crippen molar-refractivity contribution in [2.45, 2.75) is 82.1 Å². The first-order valence-corrected chi connectivity index (χ1v) is 11.5. The largest absolute Gasteiger partial charge is 0.387 e. The maximum absolute atomic E-state index is 11.5. The molecule has 0 bridgehead atoms. The van der Waals surface area contributed by atoms with Gasteiger partial charge in [0.05, 0.1) is 25.9 Å². The third kappa shape index (κ3) is 4.91. The van der Waals surface area contributed by atoms with Gasteiger partial charge in [0.1, 0.15) is 23.9 Å². The SMILES string of the molecule is CCC1(CC)O[C@H]2[C@@H](OCc3ccccc3)[C@H](O)[C@@](O)(COCc3ccccc3)C[C@H]2O1. The summed E-state index contributed by atoms with van der Waals surface area (Å²) in [5.74, 6) is -0.723. The fourth-order valence-electron chi connectivity index (χ4n) is 4.69. The van der Waals surface area contributed by atoms with Gasteiger partial charge >= 0.3 is 0 Å². The Bertz CT molecular complexity index is 840. The van der Waals surface area contributed by atoms with Gasteiger partial charge in [-0.1, -0.05) is 74.5 Å². The predicted octanol–water partition coefficient (Wildman–Crippen LogP) is 3.58. The Morgan fingerprint density at radius 2 is 1.50 bits per heavy atom. The van der Waals surface area contributed by atoms with Gasteiger partial charge in [0.15, 0.2) is 5.79 Å². The second-order valence-electron chi connectivity index (χ2n) is 8.85. The molecule has 5 atom stereocenters. The van der Waals surface area contributed by atoms with E-state index in [2.05, 4.69) is 0 Å². The van der Waals surface area contributed by atoms with Crippen LogP contribution in [0.1, 0.15) is 44.2 Å². The van der Waals surface area contributed by atoms with Gasteiger partial charge in [-0.15, -0.1) is 0 Å². The topological polar surface area (TPSA) is 77.4 Å². The van der Waals surface area contributed by atoms with Gasteiger partial charge in [-0.05, 0) is 24.0 Å². The second-order valence-corrected chi connectivity index (χ2v) is 8.85. The van der Waals surface area contributed by atoms with Gasteiger partial charge in [0.25, 0.3) is 0 Å². The molecule has 2 N–H and O–H groups in total. The maximum atomic E-state index is 11.5. The molecule has 2 aromatic rings. The highest BCUT2D eigenvalue weighted by Crippen LogP contribution is 2.45. The zero-order valence-electron chi connectivity index (χ0n) is 18.9. The molecule has 4 rings (SSSR count). The molecule has 1 saturated heterocycles. The van der Waals surface area contributed by atoms with Crippen LogP contribution in [0, 0.1) is 0 Å². The molecule has 174 valence electrons. The zero-order valence-corrected chi connectivity index (χ0v) is 18.9. The van der Waals surface area contributed by atoms with E-state index in [1.54, 1.807) is 0 Å². The molecule has 32 heavy (non-hydrogen) atoms. The molecular weight excluding hydrogens is 408 g/mol. The normalized spacial score (nSPS) is 31.4. The van der Waals surface area contributed by atoms with Crippen molar-refractivity contribution in [3.63, 3.8) is 0 Å².